The van der Waals surface area contributed by atoms with Crippen molar-refractivity contribution in [1.29, 1.82) is 0 Å². The van der Waals surface area contributed by atoms with Crippen LogP contribution in [-0.2, 0) is 17.8 Å². The molecule has 2 aliphatic heterocycles. The van der Waals surface area contributed by atoms with Gasteiger partial charge in [-0.1, -0.05) is 18.2 Å². The first kappa shape index (κ1) is 23.8. The summed E-state index contributed by atoms with van der Waals surface area (Å²) in [5.74, 6) is 1.81. The standard InChI is InChI=1S/C23H30N4O2S.HI/c1-23(2)14-18(17-6-4-5-7-19(17)29-23)26-22(24-3)25-11-8-21(28)27-12-9-20-16(15-27)10-13-30-20;/h4-7,10,13,18H,8-9,11-12,14-15H2,1-3H3,(H2,24,25,26);1H. The summed E-state index contributed by atoms with van der Waals surface area (Å²) in [6.45, 7) is 6.31. The first-order valence-electron chi connectivity index (χ1n) is 10.5. The van der Waals surface area contributed by atoms with Crippen LogP contribution in [0, 0.1) is 0 Å². The lowest BCUT2D eigenvalue weighted by molar-refractivity contribution is -0.131. The van der Waals surface area contributed by atoms with E-state index in [0.717, 1.165) is 37.2 Å². The first-order chi connectivity index (χ1) is 14.4. The molecule has 1 unspecified atom stereocenters. The van der Waals surface area contributed by atoms with Crippen LogP contribution in [0.5, 0.6) is 5.75 Å². The topological polar surface area (TPSA) is 66.0 Å². The van der Waals surface area contributed by atoms with Crippen LogP contribution in [0.2, 0.25) is 0 Å². The molecule has 2 N–H and O–H groups in total. The Morgan fingerprint density at radius 3 is 2.94 bits per heavy atom. The molecule has 1 amide bonds. The molecule has 0 saturated heterocycles. The molecule has 168 valence electrons. The van der Waals surface area contributed by atoms with Crippen LogP contribution >= 0.6 is 35.3 Å². The minimum Gasteiger partial charge on any atom is -0.487 e. The van der Waals surface area contributed by atoms with Gasteiger partial charge >= 0.3 is 0 Å². The number of nitrogens with one attached hydrogen (secondary N) is 2. The molecule has 6 nitrogen and oxygen atoms in total. The van der Waals surface area contributed by atoms with Gasteiger partial charge in [0.05, 0.1) is 6.04 Å². The molecular weight excluding hydrogens is 523 g/mol. The van der Waals surface area contributed by atoms with Gasteiger partial charge in [0.25, 0.3) is 0 Å². The van der Waals surface area contributed by atoms with Gasteiger partial charge in [-0.3, -0.25) is 9.79 Å². The van der Waals surface area contributed by atoms with Crippen LogP contribution in [0.1, 0.15) is 48.7 Å². The molecule has 3 heterocycles. The second kappa shape index (κ2) is 10.2. The van der Waals surface area contributed by atoms with Crippen LogP contribution in [0.15, 0.2) is 40.7 Å². The van der Waals surface area contributed by atoms with Gasteiger partial charge in [0.15, 0.2) is 5.96 Å². The summed E-state index contributed by atoms with van der Waals surface area (Å²) in [6, 6.07) is 10.4. The Kier molecular flexibility index (Phi) is 7.85. The van der Waals surface area contributed by atoms with Gasteiger partial charge in [0.2, 0.25) is 5.91 Å². The van der Waals surface area contributed by atoms with E-state index in [-0.39, 0.29) is 41.5 Å². The average Bonchev–Trinajstić information content (AvgIpc) is 3.19. The van der Waals surface area contributed by atoms with Gasteiger partial charge in [0, 0.05) is 50.0 Å². The van der Waals surface area contributed by atoms with Gasteiger partial charge in [-0.15, -0.1) is 35.3 Å². The third kappa shape index (κ3) is 5.71. The zero-order valence-electron chi connectivity index (χ0n) is 18.3. The fraction of sp³-hybridized carbons (Fsp3) is 0.478. The lowest BCUT2D eigenvalue weighted by Gasteiger charge is -2.38. The SMILES string of the molecule is CN=C(NCCC(=O)N1CCc2sccc2C1)NC1CC(C)(C)Oc2ccccc21.I. The predicted octanol–water partition coefficient (Wildman–Crippen LogP) is 4.11. The summed E-state index contributed by atoms with van der Waals surface area (Å²) in [7, 11) is 1.76. The van der Waals surface area contributed by atoms with E-state index >= 15 is 0 Å². The quantitative estimate of drug-likeness (QED) is 0.339. The molecule has 0 fully saturated rings. The van der Waals surface area contributed by atoms with E-state index in [1.165, 1.54) is 10.4 Å². The van der Waals surface area contributed by atoms with Crippen molar-refractivity contribution >= 4 is 47.2 Å². The van der Waals surface area contributed by atoms with Gasteiger partial charge in [-0.25, -0.2) is 0 Å². The minimum absolute atomic E-state index is 0. The monoisotopic (exact) mass is 554 g/mol. The molecule has 0 radical (unpaired) electrons. The molecule has 8 heteroatoms. The Hall–Kier alpha value is -1.81. The van der Waals surface area contributed by atoms with Crippen LogP contribution in [-0.4, -0.2) is 42.5 Å². The fourth-order valence-corrected chi connectivity index (χ4v) is 5.09. The highest BCUT2D eigenvalue weighted by molar-refractivity contribution is 14.0. The molecule has 0 aliphatic carbocycles. The first-order valence-corrected chi connectivity index (χ1v) is 11.4. The minimum atomic E-state index is -0.254. The summed E-state index contributed by atoms with van der Waals surface area (Å²) in [5.41, 5.74) is 2.18. The van der Waals surface area contributed by atoms with Crippen molar-refractivity contribution < 1.29 is 9.53 Å². The number of aliphatic imine (C=N–C) groups is 1. The number of rotatable bonds is 4. The number of thiophene rings is 1. The Morgan fingerprint density at radius 2 is 2.13 bits per heavy atom. The summed E-state index contributed by atoms with van der Waals surface area (Å²) in [5, 5.41) is 8.94. The summed E-state index contributed by atoms with van der Waals surface area (Å²) >= 11 is 1.79. The van der Waals surface area contributed by atoms with Crippen molar-refractivity contribution in [3.8, 4) is 5.75 Å². The number of para-hydroxylation sites is 1. The lowest BCUT2D eigenvalue weighted by Crippen LogP contribution is -2.46. The van der Waals surface area contributed by atoms with E-state index in [1.807, 2.05) is 23.1 Å². The number of amides is 1. The second-order valence-corrected chi connectivity index (χ2v) is 9.48. The highest BCUT2D eigenvalue weighted by Gasteiger charge is 2.34. The van der Waals surface area contributed by atoms with Crippen molar-refractivity contribution in [3.05, 3.63) is 51.7 Å². The van der Waals surface area contributed by atoms with Gasteiger partial charge in [-0.05, 0) is 43.3 Å². The van der Waals surface area contributed by atoms with Gasteiger partial charge < -0.3 is 20.3 Å². The maximum atomic E-state index is 12.7. The number of nitrogens with zero attached hydrogens (tertiary/aromatic N) is 2. The number of fused-ring (bicyclic) bond motifs is 2. The zero-order chi connectivity index (χ0) is 21.1. The lowest BCUT2D eigenvalue weighted by atomic mass is 9.90. The van der Waals surface area contributed by atoms with E-state index in [9.17, 15) is 4.79 Å². The van der Waals surface area contributed by atoms with Gasteiger partial charge in [0.1, 0.15) is 11.4 Å². The predicted molar refractivity (Wildman–Crippen MR) is 136 cm³/mol. The maximum absolute atomic E-state index is 12.7. The number of benzene rings is 1. The van der Waals surface area contributed by atoms with Crippen molar-refractivity contribution in [1.82, 2.24) is 15.5 Å². The number of hydrogen-bond acceptors (Lipinski definition) is 4. The number of guanidine groups is 1. The van der Waals surface area contributed by atoms with Crippen LogP contribution in [0.25, 0.3) is 0 Å². The summed E-state index contributed by atoms with van der Waals surface area (Å²) < 4.78 is 6.11. The Morgan fingerprint density at radius 1 is 1.32 bits per heavy atom. The number of ether oxygens (including phenoxy) is 1. The number of halogens is 1. The van der Waals surface area contributed by atoms with E-state index < -0.39 is 0 Å². The number of hydrogen-bond donors (Lipinski definition) is 2. The molecule has 1 atom stereocenters. The molecule has 2 aliphatic rings. The summed E-state index contributed by atoms with van der Waals surface area (Å²) in [6.07, 6.45) is 2.25. The third-order valence-corrected chi connectivity index (χ3v) is 6.73. The Balaban J connectivity index is 0.00000272. The largest absolute Gasteiger partial charge is 0.487 e. The number of carbonyl (C=O) groups is 1. The maximum Gasteiger partial charge on any atom is 0.224 e. The molecule has 0 saturated carbocycles. The summed E-state index contributed by atoms with van der Waals surface area (Å²) in [4.78, 5) is 20.4. The average molecular weight is 554 g/mol. The normalized spacial score (nSPS) is 19.4. The number of carbonyl (C=O) groups excluding carboxylic acids is 1. The van der Waals surface area contributed by atoms with Gasteiger partial charge in [-0.2, -0.15) is 0 Å². The molecule has 31 heavy (non-hydrogen) atoms. The van der Waals surface area contributed by atoms with Crippen molar-refractivity contribution in [2.45, 2.75) is 51.3 Å². The molecule has 0 spiro atoms. The fourth-order valence-electron chi connectivity index (χ4n) is 4.20. The smallest absolute Gasteiger partial charge is 0.224 e. The zero-order valence-corrected chi connectivity index (χ0v) is 21.5. The van der Waals surface area contributed by atoms with Crippen LogP contribution in [0.3, 0.4) is 0 Å². The molecule has 2 aromatic rings. The van der Waals surface area contributed by atoms with E-state index in [1.54, 1.807) is 18.4 Å². The Labute approximate surface area is 205 Å². The second-order valence-electron chi connectivity index (χ2n) is 8.48. The van der Waals surface area contributed by atoms with Crippen molar-refractivity contribution in [3.63, 3.8) is 0 Å². The molecule has 1 aromatic heterocycles. The van der Waals surface area contributed by atoms with Crippen molar-refractivity contribution in [2.24, 2.45) is 4.99 Å². The van der Waals surface area contributed by atoms with Crippen LogP contribution < -0.4 is 15.4 Å². The molecule has 4 rings (SSSR count). The molecule has 1 aromatic carbocycles. The van der Waals surface area contributed by atoms with Crippen LogP contribution in [0.4, 0.5) is 0 Å². The molecular formula is C23H31IN4O2S. The highest BCUT2D eigenvalue weighted by atomic mass is 127. The van der Waals surface area contributed by atoms with Crippen molar-refractivity contribution in [2.75, 3.05) is 20.1 Å². The van der Waals surface area contributed by atoms with E-state index in [4.69, 9.17) is 4.74 Å². The Bertz CT molecular complexity index is 943. The van der Waals surface area contributed by atoms with E-state index in [0.29, 0.717) is 18.9 Å². The third-order valence-electron chi connectivity index (χ3n) is 5.70. The molecule has 0 bridgehead atoms. The highest BCUT2D eigenvalue weighted by Crippen LogP contribution is 2.39. The van der Waals surface area contributed by atoms with E-state index in [2.05, 4.69) is 47.0 Å².